The molecule has 0 amide bonds. The SMILES string of the molecule is C=C(C)N(C1=CCCC=C1)C1=C(N)CCC=C1. The summed E-state index contributed by atoms with van der Waals surface area (Å²) in [6, 6.07) is 0. The molecule has 0 bridgehead atoms. The van der Waals surface area contributed by atoms with E-state index in [1.807, 2.05) is 6.92 Å². The van der Waals surface area contributed by atoms with Crippen molar-refractivity contribution in [2.75, 3.05) is 0 Å². The second-order valence-electron chi connectivity index (χ2n) is 4.53. The third-order valence-electron chi connectivity index (χ3n) is 3.04. The van der Waals surface area contributed by atoms with Crippen molar-refractivity contribution < 1.29 is 0 Å². The molecule has 0 aliphatic heterocycles. The van der Waals surface area contributed by atoms with Gasteiger partial charge in [-0.05, 0) is 44.8 Å². The zero-order valence-corrected chi connectivity index (χ0v) is 10.4. The topological polar surface area (TPSA) is 29.3 Å². The van der Waals surface area contributed by atoms with Crippen LogP contribution >= 0.6 is 0 Å². The molecule has 0 aromatic carbocycles. The van der Waals surface area contributed by atoms with Gasteiger partial charge in [-0.3, -0.25) is 0 Å². The average Bonchev–Trinajstić information content (AvgIpc) is 2.33. The maximum Gasteiger partial charge on any atom is 0.0642 e. The van der Waals surface area contributed by atoms with Crippen molar-refractivity contribution in [3.63, 3.8) is 0 Å². The minimum absolute atomic E-state index is 0.937. The van der Waals surface area contributed by atoms with E-state index in [0.29, 0.717) is 0 Å². The predicted molar refractivity (Wildman–Crippen MR) is 72.7 cm³/mol. The third kappa shape index (κ3) is 2.52. The summed E-state index contributed by atoms with van der Waals surface area (Å²) in [7, 11) is 0. The molecule has 2 nitrogen and oxygen atoms in total. The molecule has 2 N–H and O–H groups in total. The smallest absolute Gasteiger partial charge is 0.0642 e. The Hall–Kier alpha value is -1.70. The quantitative estimate of drug-likeness (QED) is 0.800. The van der Waals surface area contributed by atoms with Crippen LogP contribution in [-0.4, -0.2) is 4.90 Å². The number of hydrogen-bond donors (Lipinski definition) is 1. The fourth-order valence-corrected chi connectivity index (χ4v) is 2.22. The molecule has 0 atom stereocenters. The summed E-state index contributed by atoms with van der Waals surface area (Å²) in [5.74, 6) is 0. The van der Waals surface area contributed by atoms with Gasteiger partial charge >= 0.3 is 0 Å². The lowest BCUT2D eigenvalue weighted by atomic mass is 10.0. The first-order valence-corrected chi connectivity index (χ1v) is 6.17. The Morgan fingerprint density at radius 1 is 1.24 bits per heavy atom. The van der Waals surface area contributed by atoms with Gasteiger partial charge in [-0.1, -0.05) is 24.8 Å². The molecule has 0 saturated heterocycles. The molecule has 0 unspecified atom stereocenters. The average molecular weight is 228 g/mol. The Kier molecular flexibility index (Phi) is 3.52. The highest BCUT2D eigenvalue weighted by molar-refractivity contribution is 5.38. The van der Waals surface area contributed by atoms with Gasteiger partial charge in [0.15, 0.2) is 0 Å². The lowest BCUT2D eigenvalue weighted by Crippen LogP contribution is -2.23. The van der Waals surface area contributed by atoms with Crippen molar-refractivity contribution in [2.45, 2.75) is 32.6 Å². The molecule has 0 heterocycles. The van der Waals surface area contributed by atoms with E-state index in [9.17, 15) is 0 Å². The first-order valence-electron chi connectivity index (χ1n) is 6.17. The zero-order chi connectivity index (χ0) is 12.3. The van der Waals surface area contributed by atoms with E-state index in [2.05, 4.69) is 41.9 Å². The summed E-state index contributed by atoms with van der Waals surface area (Å²) in [6.07, 6.45) is 15.1. The van der Waals surface area contributed by atoms with Crippen molar-refractivity contribution in [1.29, 1.82) is 0 Å². The van der Waals surface area contributed by atoms with Crippen LogP contribution in [0.3, 0.4) is 0 Å². The number of nitrogens with two attached hydrogens (primary N) is 1. The summed E-state index contributed by atoms with van der Waals surface area (Å²) in [5, 5.41) is 0. The molecule has 0 radical (unpaired) electrons. The predicted octanol–water partition coefficient (Wildman–Crippen LogP) is 3.58. The standard InChI is InChI=1S/C15H20N2/c1-12(2)17(13-8-4-3-5-9-13)15-11-7-6-10-14(15)16/h4,7-9,11H,1,3,5-6,10,16H2,2H3. The Morgan fingerprint density at radius 2 is 2.00 bits per heavy atom. The van der Waals surface area contributed by atoms with Crippen LogP contribution in [0.1, 0.15) is 32.6 Å². The fourth-order valence-electron chi connectivity index (χ4n) is 2.22. The van der Waals surface area contributed by atoms with E-state index >= 15 is 0 Å². The van der Waals surface area contributed by atoms with Crippen LogP contribution in [0.4, 0.5) is 0 Å². The molecule has 2 heteroatoms. The zero-order valence-electron chi connectivity index (χ0n) is 10.4. The third-order valence-corrected chi connectivity index (χ3v) is 3.04. The number of nitrogens with zero attached hydrogens (tertiary/aromatic N) is 1. The second-order valence-corrected chi connectivity index (χ2v) is 4.53. The molecule has 2 rings (SSSR count). The van der Waals surface area contributed by atoms with Gasteiger partial charge in [0.25, 0.3) is 0 Å². The van der Waals surface area contributed by atoms with Crippen LogP contribution in [0.15, 0.2) is 59.7 Å². The van der Waals surface area contributed by atoms with Crippen LogP contribution in [0.2, 0.25) is 0 Å². The van der Waals surface area contributed by atoms with Gasteiger partial charge in [-0.2, -0.15) is 0 Å². The minimum Gasteiger partial charge on any atom is -0.400 e. The largest absolute Gasteiger partial charge is 0.400 e. The van der Waals surface area contributed by atoms with E-state index in [0.717, 1.165) is 42.8 Å². The molecule has 2 aliphatic rings. The summed E-state index contributed by atoms with van der Waals surface area (Å²) >= 11 is 0. The lowest BCUT2D eigenvalue weighted by Gasteiger charge is -2.30. The molecule has 0 aromatic heterocycles. The van der Waals surface area contributed by atoms with Crippen molar-refractivity contribution in [3.8, 4) is 0 Å². The normalized spacial score (nSPS) is 19.2. The van der Waals surface area contributed by atoms with Crippen molar-refractivity contribution in [2.24, 2.45) is 5.73 Å². The van der Waals surface area contributed by atoms with Crippen molar-refractivity contribution >= 4 is 0 Å². The van der Waals surface area contributed by atoms with Crippen molar-refractivity contribution in [1.82, 2.24) is 4.90 Å². The van der Waals surface area contributed by atoms with Gasteiger partial charge < -0.3 is 10.6 Å². The van der Waals surface area contributed by atoms with Gasteiger partial charge in [0, 0.05) is 17.1 Å². The Bertz CT molecular complexity index is 436. The molecule has 0 fully saturated rings. The molecular weight excluding hydrogens is 208 g/mol. The Balaban J connectivity index is 2.36. The lowest BCUT2D eigenvalue weighted by molar-refractivity contribution is 0.541. The minimum atomic E-state index is 0.937. The highest BCUT2D eigenvalue weighted by Gasteiger charge is 2.17. The summed E-state index contributed by atoms with van der Waals surface area (Å²) < 4.78 is 0. The van der Waals surface area contributed by atoms with Gasteiger partial charge in [0.1, 0.15) is 0 Å². The highest BCUT2D eigenvalue weighted by Crippen LogP contribution is 2.28. The van der Waals surface area contributed by atoms with Crippen LogP contribution in [0, 0.1) is 0 Å². The van der Waals surface area contributed by atoms with Crippen LogP contribution in [0.5, 0.6) is 0 Å². The van der Waals surface area contributed by atoms with E-state index in [1.165, 1.54) is 5.70 Å². The van der Waals surface area contributed by atoms with E-state index in [4.69, 9.17) is 5.73 Å². The fraction of sp³-hybridized carbons (Fsp3) is 0.333. The van der Waals surface area contributed by atoms with E-state index in [-0.39, 0.29) is 0 Å². The maximum absolute atomic E-state index is 6.12. The van der Waals surface area contributed by atoms with Crippen LogP contribution in [0.25, 0.3) is 0 Å². The summed E-state index contributed by atoms with van der Waals surface area (Å²) in [6.45, 7) is 6.09. The van der Waals surface area contributed by atoms with Gasteiger partial charge in [0.2, 0.25) is 0 Å². The summed E-state index contributed by atoms with van der Waals surface area (Å²) in [4.78, 5) is 2.15. The monoisotopic (exact) mass is 228 g/mol. The summed E-state index contributed by atoms with van der Waals surface area (Å²) in [5.41, 5.74) is 10.4. The van der Waals surface area contributed by atoms with Gasteiger partial charge in [0.05, 0.1) is 5.70 Å². The second kappa shape index (κ2) is 5.09. The molecule has 2 aliphatic carbocycles. The molecule has 0 aromatic rings. The van der Waals surface area contributed by atoms with E-state index in [1.54, 1.807) is 0 Å². The van der Waals surface area contributed by atoms with Crippen LogP contribution < -0.4 is 5.73 Å². The number of hydrogen-bond acceptors (Lipinski definition) is 2. The first kappa shape index (κ1) is 11.8. The molecule has 0 spiro atoms. The highest BCUT2D eigenvalue weighted by atomic mass is 15.2. The molecule has 17 heavy (non-hydrogen) atoms. The van der Waals surface area contributed by atoms with Crippen molar-refractivity contribution in [3.05, 3.63) is 59.7 Å². The van der Waals surface area contributed by atoms with Gasteiger partial charge in [-0.15, -0.1) is 0 Å². The van der Waals surface area contributed by atoms with Gasteiger partial charge in [-0.25, -0.2) is 0 Å². The van der Waals surface area contributed by atoms with Crippen LogP contribution in [-0.2, 0) is 0 Å². The maximum atomic E-state index is 6.12. The molecule has 0 saturated carbocycles. The molecular formula is C15H20N2. The number of allylic oxidation sites excluding steroid dienone is 7. The molecule has 90 valence electrons. The number of rotatable bonds is 3. The Morgan fingerprint density at radius 3 is 2.59 bits per heavy atom. The first-order chi connectivity index (χ1) is 8.20. The van der Waals surface area contributed by atoms with E-state index < -0.39 is 0 Å². The Labute approximate surface area is 103 Å².